The number of rotatable bonds is 7. The Bertz CT molecular complexity index is 671. The van der Waals surface area contributed by atoms with Gasteiger partial charge < -0.3 is 15.4 Å². The van der Waals surface area contributed by atoms with Crippen LogP contribution in [0, 0.1) is 13.8 Å². The molecule has 2 N–H and O–H groups in total. The lowest BCUT2D eigenvalue weighted by molar-refractivity contribution is 0.102. The maximum Gasteiger partial charge on any atom is 0.274 e. The van der Waals surface area contributed by atoms with Crippen LogP contribution < -0.4 is 10.6 Å². The van der Waals surface area contributed by atoms with E-state index >= 15 is 0 Å². The Morgan fingerprint density at radius 3 is 2.70 bits per heavy atom. The van der Waals surface area contributed by atoms with Crippen LogP contribution in [0.1, 0.15) is 28.0 Å². The number of hydrogen-bond acceptors (Lipinski definition) is 4. The maximum atomic E-state index is 12.3. The van der Waals surface area contributed by atoms with Gasteiger partial charge in [-0.05, 0) is 55.7 Å². The minimum absolute atomic E-state index is 0.214. The van der Waals surface area contributed by atoms with Crippen LogP contribution in [0.3, 0.4) is 0 Å². The number of methoxy groups -OCH3 is 1. The van der Waals surface area contributed by atoms with E-state index in [0.29, 0.717) is 12.3 Å². The number of carbonyl (C=O) groups excluding carboxylic acids is 1. The molecule has 0 radical (unpaired) electrons. The van der Waals surface area contributed by atoms with E-state index in [1.807, 2.05) is 38.1 Å². The van der Waals surface area contributed by atoms with Gasteiger partial charge in [0.05, 0.1) is 0 Å². The molecule has 23 heavy (non-hydrogen) atoms. The summed E-state index contributed by atoms with van der Waals surface area (Å²) in [6.45, 7) is 5.56. The van der Waals surface area contributed by atoms with Crippen molar-refractivity contribution >= 4 is 17.3 Å². The van der Waals surface area contributed by atoms with Gasteiger partial charge in [0.2, 0.25) is 0 Å². The Morgan fingerprint density at radius 1 is 1.13 bits per heavy atom. The van der Waals surface area contributed by atoms with Gasteiger partial charge in [0.1, 0.15) is 5.69 Å². The van der Waals surface area contributed by atoms with Gasteiger partial charge in [-0.15, -0.1) is 0 Å². The van der Waals surface area contributed by atoms with Crippen molar-refractivity contribution in [1.29, 1.82) is 0 Å². The highest BCUT2D eigenvalue weighted by atomic mass is 16.5. The summed E-state index contributed by atoms with van der Waals surface area (Å²) in [7, 11) is 1.68. The number of aryl methyl sites for hydroxylation is 2. The maximum absolute atomic E-state index is 12.3. The first kappa shape index (κ1) is 17.0. The highest BCUT2D eigenvalue weighted by Crippen LogP contribution is 2.16. The van der Waals surface area contributed by atoms with E-state index in [4.69, 9.17) is 4.74 Å². The van der Waals surface area contributed by atoms with Crippen LogP contribution in [0.2, 0.25) is 0 Å². The van der Waals surface area contributed by atoms with E-state index in [9.17, 15) is 4.79 Å². The van der Waals surface area contributed by atoms with Gasteiger partial charge in [-0.25, -0.2) is 0 Å². The highest BCUT2D eigenvalue weighted by molar-refractivity contribution is 6.03. The molecule has 0 saturated heterocycles. The molecule has 0 spiro atoms. The molecule has 0 bridgehead atoms. The van der Waals surface area contributed by atoms with E-state index in [2.05, 4.69) is 15.6 Å². The van der Waals surface area contributed by atoms with E-state index < -0.39 is 0 Å². The predicted octanol–water partition coefficient (Wildman–Crippen LogP) is 3.40. The van der Waals surface area contributed by atoms with Gasteiger partial charge in [-0.2, -0.15) is 0 Å². The molecule has 0 aliphatic rings. The van der Waals surface area contributed by atoms with Gasteiger partial charge >= 0.3 is 0 Å². The molecule has 5 heteroatoms. The number of benzene rings is 1. The van der Waals surface area contributed by atoms with Crippen LogP contribution >= 0.6 is 0 Å². The molecule has 5 nitrogen and oxygen atoms in total. The average molecular weight is 313 g/mol. The van der Waals surface area contributed by atoms with E-state index in [0.717, 1.165) is 29.9 Å². The van der Waals surface area contributed by atoms with Gasteiger partial charge in [0.25, 0.3) is 5.91 Å². The van der Waals surface area contributed by atoms with Crippen molar-refractivity contribution in [1.82, 2.24) is 4.98 Å². The van der Waals surface area contributed by atoms with Crippen molar-refractivity contribution in [2.24, 2.45) is 0 Å². The molecule has 0 unspecified atom stereocenters. The third kappa shape index (κ3) is 5.07. The summed E-state index contributed by atoms with van der Waals surface area (Å²) >= 11 is 0. The number of ether oxygens (including phenoxy) is 1. The molecular weight excluding hydrogens is 290 g/mol. The third-order valence-corrected chi connectivity index (χ3v) is 3.61. The van der Waals surface area contributed by atoms with Crippen molar-refractivity contribution in [3.63, 3.8) is 0 Å². The highest BCUT2D eigenvalue weighted by Gasteiger charge is 2.09. The zero-order valence-electron chi connectivity index (χ0n) is 13.8. The molecule has 2 rings (SSSR count). The van der Waals surface area contributed by atoms with Crippen molar-refractivity contribution in [2.45, 2.75) is 20.3 Å². The number of anilines is 2. The quantitative estimate of drug-likeness (QED) is 0.769. The zero-order chi connectivity index (χ0) is 16.7. The molecule has 1 aromatic carbocycles. The Balaban J connectivity index is 2.00. The van der Waals surface area contributed by atoms with E-state index in [-0.39, 0.29) is 5.91 Å². The molecule has 1 amide bonds. The van der Waals surface area contributed by atoms with E-state index in [1.165, 1.54) is 5.56 Å². The minimum Gasteiger partial charge on any atom is -0.385 e. The molecule has 0 fully saturated rings. The Morgan fingerprint density at radius 2 is 1.96 bits per heavy atom. The number of aromatic nitrogens is 1. The van der Waals surface area contributed by atoms with Crippen LogP contribution in [0.25, 0.3) is 0 Å². The van der Waals surface area contributed by atoms with Crippen molar-refractivity contribution in [2.75, 3.05) is 30.9 Å². The van der Waals surface area contributed by atoms with Gasteiger partial charge in [-0.3, -0.25) is 9.78 Å². The summed E-state index contributed by atoms with van der Waals surface area (Å²) in [4.78, 5) is 16.5. The number of carbonyl (C=O) groups is 1. The monoisotopic (exact) mass is 313 g/mol. The number of pyridine rings is 1. The Kier molecular flexibility index (Phi) is 6.11. The standard InChI is InChI=1S/C18H23N3O2/c1-13-5-6-16(11-14(13)2)21-18(22)17-12-15(7-9-20-17)19-8-4-10-23-3/h5-7,9,11-12H,4,8,10H2,1-3H3,(H,19,20)(H,21,22). The van der Waals surface area contributed by atoms with Crippen LogP contribution in [-0.2, 0) is 4.74 Å². The average Bonchev–Trinajstić information content (AvgIpc) is 2.55. The van der Waals surface area contributed by atoms with Crippen LogP contribution in [0.5, 0.6) is 0 Å². The summed E-state index contributed by atoms with van der Waals surface area (Å²) in [6, 6.07) is 9.45. The first-order valence-electron chi connectivity index (χ1n) is 7.67. The Hall–Kier alpha value is -2.40. The largest absolute Gasteiger partial charge is 0.385 e. The molecule has 0 aliphatic heterocycles. The third-order valence-electron chi connectivity index (χ3n) is 3.61. The second-order valence-corrected chi connectivity index (χ2v) is 5.46. The normalized spacial score (nSPS) is 10.4. The first-order valence-corrected chi connectivity index (χ1v) is 7.67. The molecule has 1 heterocycles. The topological polar surface area (TPSA) is 63.2 Å². The SMILES string of the molecule is COCCCNc1ccnc(C(=O)Nc2ccc(C)c(C)c2)c1. The van der Waals surface area contributed by atoms with Gasteiger partial charge in [-0.1, -0.05) is 6.07 Å². The van der Waals surface area contributed by atoms with Crippen LogP contribution in [0.4, 0.5) is 11.4 Å². The molecule has 122 valence electrons. The lowest BCUT2D eigenvalue weighted by Gasteiger charge is -2.09. The lowest BCUT2D eigenvalue weighted by Crippen LogP contribution is -2.14. The summed E-state index contributed by atoms with van der Waals surface area (Å²) in [5, 5.41) is 6.14. The molecule has 0 saturated carbocycles. The van der Waals surface area contributed by atoms with Crippen LogP contribution in [0.15, 0.2) is 36.5 Å². The molecule has 2 aromatic rings. The second kappa shape index (κ2) is 8.29. The Labute approximate surface area is 137 Å². The summed E-state index contributed by atoms with van der Waals surface area (Å²) in [5.41, 5.74) is 4.38. The zero-order valence-corrected chi connectivity index (χ0v) is 13.8. The van der Waals surface area contributed by atoms with Gasteiger partial charge in [0, 0.05) is 37.8 Å². The smallest absolute Gasteiger partial charge is 0.274 e. The van der Waals surface area contributed by atoms with Crippen molar-refractivity contribution < 1.29 is 9.53 Å². The fraction of sp³-hybridized carbons (Fsp3) is 0.333. The number of amides is 1. The van der Waals surface area contributed by atoms with Crippen molar-refractivity contribution in [3.05, 3.63) is 53.3 Å². The molecule has 0 atom stereocenters. The summed E-state index contributed by atoms with van der Waals surface area (Å²) < 4.78 is 5.01. The molecular formula is C18H23N3O2. The molecule has 0 aliphatic carbocycles. The number of hydrogen-bond donors (Lipinski definition) is 2. The minimum atomic E-state index is -0.214. The van der Waals surface area contributed by atoms with Crippen LogP contribution in [-0.4, -0.2) is 31.2 Å². The van der Waals surface area contributed by atoms with Crippen molar-refractivity contribution in [3.8, 4) is 0 Å². The first-order chi connectivity index (χ1) is 11.1. The number of nitrogens with one attached hydrogen (secondary N) is 2. The molecule has 1 aromatic heterocycles. The number of nitrogens with zero attached hydrogens (tertiary/aromatic N) is 1. The summed E-state index contributed by atoms with van der Waals surface area (Å²) in [6.07, 6.45) is 2.54. The second-order valence-electron chi connectivity index (χ2n) is 5.46. The lowest BCUT2D eigenvalue weighted by atomic mass is 10.1. The fourth-order valence-corrected chi connectivity index (χ4v) is 2.13. The summed E-state index contributed by atoms with van der Waals surface area (Å²) in [5.74, 6) is -0.214. The van der Waals surface area contributed by atoms with Gasteiger partial charge in [0.15, 0.2) is 0 Å². The predicted molar refractivity (Wildman–Crippen MR) is 93.1 cm³/mol. The fourth-order valence-electron chi connectivity index (χ4n) is 2.13. The van der Waals surface area contributed by atoms with E-state index in [1.54, 1.807) is 19.4 Å².